The molecule has 2 rings (SSSR count). The van der Waals surface area contributed by atoms with Crippen molar-refractivity contribution in [2.75, 3.05) is 14.2 Å². The van der Waals surface area contributed by atoms with Crippen molar-refractivity contribution in [1.82, 2.24) is 5.43 Å². The van der Waals surface area contributed by atoms with Crippen LogP contribution < -0.4 is 14.9 Å². The molecule has 0 aliphatic heterocycles. The van der Waals surface area contributed by atoms with Crippen LogP contribution in [0, 0.1) is 3.57 Å². The van der Waals surface area contributed by atoms with E-state index < -0.39 is 0 Å². The number of phenolic OH excluding ortho intramolecular Hbond substituents is 1. The molecule has 2 N–H and O–H groups in total. The third kappa shape index (κ3) is 4.35. The number of phenols is 1. The molecule has 0 heterocycles. The number of hydrazone groups is 1. The Balaban J connectivity index is 2.09. The maximum absolute atomic E-state index is 12.0. The lowest BCUT2D eigenvalue weighted by Gasteiger charge is -2.06. The summed E-state index contributed by atoms with van der Waals surface area (Å²) in [5.41, 5.74) is 3.57. The molecule has 0 unspecified atom stereocenters. The van der Waals surface area contributed by atoms with E-state index in [-0.39, 0.29) is 11.7 Å². The zero-order chi connectivity index (χ0) is 16.8. The number of aromatic hydroxyl groups is 1. The Kier molecular flexibility index (Phi) is 5.80. The van der Waals surface area contributed by atoms with Gasteiger partial charge in [-0.1, -0.05) is 6.07 Å². The second-order valence-electron chi connectivity index (χ2n) is 4.48. The molecule has 0 aliphatic carbocycles. The number of carbonyl (C=O) groups excluding carboxylic acids is 1. The Morgan fingerprint density at radius 3 is 2.74 bits per heavy atom. The first-order chi connectivity index (χ1) is 11.0. The Hall–Kier alpha value is -2.29. The number of methoxy groups -OCH3 is 2. The van der Waals surface area contributed by atoms with Crippen LogP contribution in [0.3, 0.4) is 0 Å². The van der Waals surface area contributed by atoms with Crippen molar-refractivity contribution >= 4 is 34.7 Å². The van der Waals surface area contributed by atoms with E-state index in [2.05, 4.69) is 10.5 Å². The Labute approximate surface area is 147 Å². The lowest BCUT2D eigenvalue weighted by molar-refractivity contribution is 0.0955. The quantitative estimate of drug-likeness (QED) is 0.438. The minimum absolute atomic E-state index is 0.0747. The number of benzene rings is 2. The normalized spacial score (nSPS) is 10.6. The van der Waals surface area contributed by atoms with Crippen LogP contribution in [-0.4, -0.2) is 31.4 Å². The van der Waals surface area contributed by atoms with E-state index in [4.69, 9.17) is 9.47 Å². The number of carbonyl (C=O) groups is 1. The topological polar surface area (TPSA) is 80.2 Å². The molecular formula is C16H15IN2O4. The first-order valence-corrected chi connectivity index (χ1v) is 7.67. The molecular weight excluding hydrogens is 411 g/mol. The predicted octanol–water partition coefficient (Wildman–Crippen LogP) is 2.78. The van der Waals surface area contributed by atoms with Crippen LogP contribution in [0.2, 0.25) is 0 Å². The highest BCUT2D eigenvalue weighted by atomic mass is 127. The van der Waals surface area contributed by atoms with Crippen molar-refractivity contribution in [3.8, 4) is 17.2 Å². The summed E-state index contributed by atoms with van der Waals surface area (Å²) in [6.45, 7) is 0. The van der Waals surface area contributed by atoms with Crippen LogP contribution in [0.1, 0.15) is 15.9 Å². The van der Waals surface area contributed by atoms with Crippen molar-refractivity contribution in [2.45, 2.75) is 0 Å². The number of hydrogen-bond acceptors (Lipinski definition) is 5. The fourth-order valence-electron chi connectivity index (χ4n) is 1.82. The highest BCUT2D eigenvalue weighted by Crippen LogP contribution is 2.31. The van der Waals surface area contributed by atoms with Gasteiger partial charge in [0.15, 0.2) is 11.5 Å². The van der Waals surface area contributed by atoms with Gasteiger partial charge in [0.1, 0.15) is 5.75 Å². The lowest BCUT2D eigenvalue weighted by Crippen LogP contribution is -2.17. The molecule has 23 heavy (non-hydrogen) atoms. The molecule has 0 bridgehead atoms. The Morgan fingerprint density at radius 1 is 1.26 bits per heavy atom. The van der Waals surface area contributed by atoms with Crippen LogP contribution in [0.5, 0.6) is 17.2 Å². The summed E-state index contributed by atoms with van der Waals surface area (Å²) in [7, 11) is 3.01. The number of amides is 1. The highest BCUT2D eigenvalue weighted by molar-refractivity contribution is 14.1. The number of nitrogens with zero attached hydrogens (tertiary/aromatic N) is 1. The molecule has 0 radical (unpaired) electrons. The second-order valence-corrected chi connectivity index (χ2v) is 5.65. The monoisotopic (exact) mass is 426 g/mol. The van der Waals surface area contributed by atoms with Crippen LogP contribution in [0.25, 0.3) is 0 Å². The van der Waals surface area contributed by atoms with E-state index >= 15 is 0 Å². The van der Waals surface area contributed by atoms with Crippen LogP contribution in [-0.2, 0) is 0 Å². The number of halogens is 1. The zero-order valence-corrected chi connectivity index (χ0v) is 14.7. The predicted molar refractivity (Wildman–Crippen MR) is 95.4 cm³/mol. The van der Waals surface area contributed by atoms with Gasteiger partial charge in [-0.2, -0.15) is 5.10 Å². The SMILES string of the molecule is COc1cccc(C(=O)N/N=C\c2cc(I)c(O)c(OC)c2)c1. The van der Waals surface area contributed by atoms with Gasteiger partial charge in [0.05, 0.1) is 24.0 Å². The molecule has 0 spiro atoms. The van der Waals surface area contributed by atoms with Crippen molar-refractivity contribution in [1.29, 1.82) is 0 Å². The van der Waals surface area contributed by atoms with E-state index in [0.29, 0.717) is 26.2 Å². The average Bonchev–Trinajstić information content (AvgIpc) is 2.57. The van der Waals surface area contributed by atoms with E-state index in [0.717, 1.165) is 0 Å². The minimum atomic E-state index is -0.347. The molecule has 0 aromatic heterocycles. The molecule has 0 aliphatic rings. The van der Waals surface area contributed by atoms with Gasteiger partial charge in [0.2, 0.25) is 0 Å². The third-order valence-corrected chi connectivity index (χ3v) is 3.80. The maximum Gasteiger partial charge on any atom is 0.271 e. The Bertz CT molecular complexity index is 747. The van der Waals surface area contributed by atoms with Gasteiger partial charge < -0.3 is 14.6 Å². The van der Waals surface area contributed by atoms with E-state index in [9.17, 15) is 9.90 Å². The van der Waals surface area contributed by atoms with E-state index in [1.165, 1.54) is 20.4 Å². The largest absolute Gasteiger partial charge is 0.504 e. The van der Waals surface area contributed by atoms with E-state index in [1.807, 2.05) is 22.6 Å². The van der Waals surface area contributed by atoms with Gasteiger partial charge in [-0.05, 0) is 58.5 Å². The summed E-state index contributed by atoms with van der Waals surface area (Å²) >= 11 is 1.99. The summed E-state index contributed by atoms with van der Waals surface area (Å²) in [4.78, 5) is 12.0. The van der Waals surface area contributed by atoms with E-state index in [1.54, 1.807) is 36.4 Å². The van der Waals surface area contributed by atoms with Crippen LogP contribution in [0.15, 0.2) is 41.5 Å². The number of hydrogen-bond donors (Lipinski definition) is 2. The van der Waals surface area contributed by atoms with Crippen molar-refractivity contribution in [3.05, 3.63) is 51.1 Å². The van der Waals surface area contributed by atoms with Crippen molar-refractivity contribution in [2.24, 2.45) is 5.10 Å². The standard InChI is InChI=1S/C16H15IN2O4/c1-22-12-5-3-4-11(8-12)16(21)19-18-9-10-6-13(17)15(20)14(7-10)23-2/h3-9,20H,1-2H3,(H,19,21)/b18-9-. The van der Waals surface area contributed by atoms with Gasteiger partial charge in [0.25, 0.3) is 5.91 Å². The smallest absolute Gasteiger partial charge is 0.271 e. The first-order valence-electron chi connectivity index (χ1n) is 6.59. The third-order valence-electron chi connectivity index (χ3n) is 2.98. The number of ether oxygens (including phenoxy) is 2. The molecule has 6 nitrogen and oxygen atoms in total. The first kappa shape index (κ1) is 17.1. The van der Waals surface area contributed by atoms with Gasteiger partial charge in [-0.3, -0.25) is 4.79 Å². The molecule has 120 valence electrons. The molecule has 0 fully saturated rings. The van der Waals surface area contributed by atoms with Crippen molar-refractivity contribution in [3.63, 3.8) is 0 Å². The minimum Gasteiger partial charge on any atom is -0.504 e. The molecule has 1 amide bonds. The second kappa shape index (κ2) is 7.82. The van der Waals surface area contributed by atoms with Crippen molar-refractivity contribution < 1.29 is 19.4 Å². The average molecular weight is 426 g/mol. The molecule has 7 heteroatoms. The summed E-state index contributed by atoms with van der Waals surface area (Å²) in [6.07, 6.45) is 1.47. The van der Waals surface area contributed by atoms with Crippen LogP contribution >= 0.6 is 22.6 Å². The van der Waals surface area contributed by atoms with Crippen LogP contribution in [0.4, 0.5) is 0 Å². The summed E-state index contributed by atoms with van der Waals surface area (Å²) < 4.78 is 10.8. The lowest BCUT2D eigenvalue weighted by atomic mass is 10.2. The van der Waals surface area contributed by atoms with Gasteiger partial charge >= 0.3 is 0 Å². The Morgan fingerprint density at radius 2 is 2.04 bits per heavy atom. The maximum atomic E-state index is 12.0. The number of rotatable bonds is 5. The molecule has 0 saturated heterocycles. The fraction of sp³-hybridized carbons (Fsp3) is 0.125. The molecule has 0 saturated carbocycles. The molecule has 0 atom stereocenters. The summed E-state index contributed by atoms with van der Waals surface area (Å²) in [5.74, 6) is 0.670. The zero-order valence-electron chi connectivity index (χ0n) is 12.5. The van der Waals surface area contributed by atoms with Gasteiger partial charge in [0, 0.05) is 5.56 Å². The fourth-order valence-corrected chi connectivity index (χ4v) is 2.44. The summed E-state index contributed by atoms with van der Waals surface area (Å²) in [6, 6.07) is 10.1. The van der Waals surface area contributed by atoms with Gasteiger partial charge in [-0.15, -0.1) is 0 Å². The van der Waals surface area contributed by atoms with Gasteiger partial charge in [-0.25, -0.2) is 5.43 Å². The molecule has 2 aromatic carbocycles. The summed E-state index contributed by atoms with van der Waals surface area (Å²) in [5, 5.41) is 13.7. The number of nitrogens with one attached hydrogen (secondary N) is 1. The molecule has 2 aromatic rings. The highest BCUT2D eigenvalue weighted by Gasteiger charge is 2.08.